The van der Waals surface area contributed by atoms with Crippen LogP contribution in [-0.4, -0.2) is 41.5 Å². The number of para-hydroxylation sites is 1. The van der Waals surface area contributed by atoms with Gasteiger partial charge in [0.25, 0.3) is 0 Å². The van der Waals surface area contributed by atoms with Crippen LogP contribution >= 0.6 is 0 Å². The number of piperidine rings is 1. The first-order valence-corrected chi connectivity index (χ1v) is 10.1. The van der Waals surface area contributed by atoms with Crippen LogP contribution in [0.15, 0.2) is 24.4 Å². The fourth-order valence-electron chi connectivity index (χ4n) is 4.05. The van der Waals surface area contributed by atoms with E-state index in [9.17, 15) is 9.59 Å². The highest BCUT2D eigenvalue weighted by Crippen LogP contribution is 2.24. The number of benzene rings is 1. The molecule has 1 atom stereocenters. The molecule has 146 valence electrons. The summed E-state index contributed by atoms with van der Waals surface area (Å²) in [4.78, 5) is 29.6. The lowest BCUT2D eigenvalue weighted by Gasteiger charge is -2.32. The molecule has 27 heavy (non-hydrogen) atoms. The van der Waals surface area contributed by atoms with Crippen molar-refractivity contribution in [3.8, 4) is 0 Å². The minimum atomic E-state index is -0.129. The van der Waals surface area contributed by atoms with Crippen LogP contribution in [0.3, 0.4) is 0 Å². The minimum absolute atomic E-state index is 0.129. The number of nitrogens with one attached hydrogen (secondary N) is 1. The molecule has 0 unspecified atom stereocenters. The van der Waals surface area contributed by atoms with Gasteiger partial charge in [-0.1, -0.05) is 18.2 Å². The number of H-pyrrole nitrogens is 1. The molecule has 3 rings (SSSR count). The van der Waals surface area contributed by atoms with Gasteiger partial charge in [0.15, 0.2) is 0 Å². The summed E-state index contributed by atoms with van der Waals surface area (Å²) < 4.78 is 5.01. The Kier molecular flexibility index (Phi) is 6.54. The van der Waals surface area contributed by atoms with Gasteiger partial charge in [0.1, 0.15) is 0 Å². The summed E-state index contributed by atoms with van der Waals surface area (Å²) in [7, 11) is 0. The van der Waals surface area contributed by atoms with E-state index in [0.29, 0.717) is 25.4 Å². The third-order valence-corrected chi connectivity index (χ3v) is 5.55. The van der Waals surface area contributed by atoms with Crippen LogP contribution < -0.4 is 0 Å². The molecule has 1 fully saturated rings. The van der Waals surface area contributed by atoms with Gasteiger partial charge in [-0.25, -0.2) is 0 Å². The SMILES string of the molecule is CCOC(=O)CC[C@@H]1CCCN(C(=O)CCc2c[nH]c3c(C)cccc23)C1. The van der Waals surface area contributed by atoms with Crippen LogP contribution in [-0.2, 0) is 20.7 Å². The third-order valence-electron chi connectivity index (χ3n) is 5.55. The molecule has 1 N–H and O–H groups in total. The van der Waals surface area contributed by atoms with Crippen molar-refractivity contribution in [1.29, 1.82) is 0 Å². The summed E-state index contributed by atoms with van der Waals surface area (Å²) in [5, 5.41) is 1.22. The third kappa shape index (κ3) is 4.90. The second-order valence-corrected chi connectivity index (χ2v) is 7.50. The van der Waals surface area contributed by atoms with Gasteiger partial charge in [-0.15, -0.1) is 0 Å². The van der Waals surface area contributed by atoms with Crippen molar-refractivity contribution in [2.75, 3.05) is 19.7 Å². The molecule has 0 saturated carbocycles. The number of aryl methyl sites for hydroxylation is 2. The van der Waals surface area contributed by atoms with Gasteiger partial charge in [0, 0.05) is 43.0 Å². The fraction of sp³-hybridized carbons (Fsp3) is 0.545. The number of amides is 1. The van der Waals surface area contributed by atoms with Crippen molar-refractivity contribution in [2.45, 2.75) is 52.4 Å². The van der Waals surface area contributed by atoms with Gasteiger partial charge in [-0.2, -0.15) is 0 Å². The van der Waals surface area contributed by atoms with Crippen LogP contribution in [0.25, 0.3) is 10.9 Å². The van der Waals surface area contributed by atoms with Crippen molar-refractivity contribution in [1.82, 2.24) is 9.88 Å². The highest BCUT2D eigenvalue weighted by Gasteiger charge is 2.24. The average Bonchev–Trinajstić information content (AvgIpc) is 3.09. The van der Waals surface area contributed by atoms with Gasteiger partial charge < -0.3 is 14.6 Å². The molecule has 2 heterocycles. The van der Waals surface area contributed by atoms with Gasteiger partial charge >= 0.3 is 5.97 Å². The molecule has 2 aromatic rings. The summed E-state index contributed by atoms with van der Waals surface area (Å²) in [6.45, 7) is 5.96. The van der Waals surface area contributed by atoms with Crippen molar-refractivity contribution in [2.24, 2.45) is 5.92 Å². The number of fused-ring (bicyclic) bond motifs is 1. The van der Waals surface area contributed by atoms with E-state index in [1.807, 2.05) is 18.0 Å². The number of ether oxygens (including phenoxy) is 1. The highest BCUT2D eigenvalue weighted by atomic mass is 16.5. The maximum absolute atomic E-state index is 12.7. The Morgan fingerprint density at radius 3 is 2.96 bits per heavy atom. The first-order valence-electron chi connectivity index (χ1n) is 10.1. The number of carbonyl (C=O) groups excluding carboxylic acids is 2. The Morgan fingerprint density at radius 2 is 2.15 bits per heavy atom. The Bertz CT molecular complexity index is 796. The molecule has 0 spiro atoms. The number of esters is 1. The number of aromatic nitrogens is 1. The van der Waals surface area contributed by atoms with Crippen molar-refractivity contribution in [3.05, 3.63) is 35.5 Å². The first-order chi connectivity index (χ1) is 13.1. The average molecular weight is 370 g/mol. The Labute approximate surface area is 161 Å². The molecule has 1 aliphatic heterocycles. The number of hydrogen-bond donors (Lipinski definition) is 1. The molecular weight excluding hydrogens is 340 g/mol. The quantitative estimate of drug-likeness (QED) is 0.750. The molecule has 1 saturated heterocycles. The Morgan fingerprint density at radius 1 is 1.30 bits per heavy atom. The van der Waals surface area contributed by atoms with E-state index in [2.05, 4.69) is 30.1 Å². The number of likely N-dealkylation sites (tertiary alicyclic amines) is 1. The van der Waals surface area contributed by atoms with E-state index in [1.165, 1.54) is 16.5 Å². The molecule has 1 aromatic carbocycles. The molecular formula is C22H30N2O3. The van der Waals surface area contributed by atoms with E-state index in [1.54, 1.807) is 0 Å². The normalized spacial score (nSPS) is 17.3. The Hall–Kier alpha value is -2.30. The maximum Gasteiger partial charge on any atom is 0.305 e. The zero-order valence-electron chi connectivity index (χ0n) is 16.4. The molecule has 5 nitrogen and oxygen atoms in total. The van der Waals surface area contributed by atoms with E-state index < -0.39 is 0 Å². The van der Waals surface area contributed by atoms with E-state index >= 15 is 0 Å². The molecule has 1 aromatic heterocycles. The second kappa shape index (κ2) is 9.07. The van der Waals surface area contributed by atoms with Crippen molar-refractivity contribution >= 4 is 22.8 Å². The molecule has 1 amide bonds. The minimum Gasteiger partial charge on any atom is -0.466 e. The van der Waals surface area contributed by atoms with Gasteiger partial charge in [-0.05, 0) is 56.6 Å². The van der Waals surface area contributed by atoms with Crippen molar-refractivity contribution < 1.29 is 14.3 Å². The molecule has 0 radical (unpaired) electrons. The van der Waals surface area contributed by atoms with Crippen LogP contribution in [0.2, 0.25) is 0 Å². The lowest BCUT2D eigenvalue weighted by molar-refractivity contribution is -0.143. The fourth-order valence-corrected chi connectivity index (χ4v) is 4.05. The standard InChI is InChI=1S/C22H30N2O3/c1-3-27-21(26)12-9-17-7-5-13-24(15-17)20(25)11-10-18-14-23-22-16(2)6-4-8-19(18)22/h4,6,8,14,17,23H,3,5,7,9-13,15H2,1-2H3/t17-/m0/s1. The van der Waals surface area contributed by atoms with Crippen LogP contribution in [0.1, 0.15) is 50.2 Å². The van der Waals surface area contributed by atoms with Gasteiger partial charge in [0.05, 0.1) is 6.61 Å². The number of hydrogen-bond acceptors (Lipinski definition) is 3. The summed E-state index contributed by atoms with van der Waals surface area (Å²) in [5.41, 5.74) is 3.60. The predicted molar refractivity (Wildman–Crippen MR) is 107 cm³/mol. The number of aromatic amines is 1. The predicted octanol–water partition coefficient (Wildman–Crippen LogP) is 3.99. The van der Waals surface area contributed by atoms with Crippen LogP contribution in [0, 0.1) is 12.8 Å². The lowest BCUT2D eigenvalue weighted by Crippen LogP contribution is -2.40. The number of nitrogens with zero attached hydrogens (tertiary/aromatic N) is 1. The maximum atomic E-state index is 12.7. The molecule has 0 bridgehead atoms. The van der Waals surface area contributed by atoms with E-state index in [4.69, 9.17) is 4.74 Å². The molecule has 1 aliphatic rings. The van der Waals surface area contributed by atoms with Gasteiger partial charge in [0.2, 0.25) is 5.91 Å². The zero-order chi connectivity index (χ0) is 19.2. The topological polar surface area (TPSA) is 62.4 Å². The molecule has 5 heteroatoms. The van der Waals surface area contributed by atoms with Crippen molar-refractivity contribution in [3.63, 3.8) is 0 Å². The summed E-state index contributed by atoms with van der Waals surface area (Å²) in [6, 6.07) is 6.28. The molecule has 0 aliphatic carbocycles. The van der Waals surface area contributed by atoms with Gasteiger partial charge in [-0.3, -0.25) is 9.59 Å². The lowest BCUT2D eigenvalue weighted by atomic mass is 9.93. The van der Waals surface area contributed by atoms with Crippen LogP contribution in [0.5, 0.6) is 0 Å². The summed E-state index contributed by atoms with van der Waals surface area (Å²) >= 11 is 0. The smallest absolute Gasteiger partial charge is 0.305 e. The van der Waals surface area contributed by atoms with E-state index in [-0.39, 0.29) is 11.9 Å². The largest absolute Gasteiger partial charge is 0.466 e. The first kappa shape index (κ1) is 19.5. The summed E-state index contributed by atoms with van der Waals surface area (Å²) in [6.07, 6.45) is 6.69. The monoisotopic (exact) mass is 370 g/mol. The Balaban J connectivity index is 1.51. The highest BCUT2D eigenvalue weighted by molar-refractivity contribution is 5.86. The zero-order valence-corrected chi connectivity index (χ0v) is 16.4. The summed E-state index contributed by atoms with van der Waals surface area (Å²) in [5.74, 6) is 0.497. The number of rotatable bonds is 7. The number of carbonyl (C=O) groups is 2. The second-order valence-electron chi connectivity index (χ2n) is 7.50. The van der Waals surface area contributed by atoms with Crippen LogP contribution in [0.4, 0.5) is 0 Å². The van der Waals surface area contributed by atoms with E-state index in [0.717, 1.165) is 44.3 Å².